The van der Waals surface area contributed by atoms with Crippen LogP contribution in [-0.4, -0.2) is 33.8 Å². The topological polar surface area (TPSA) is 121 Å². The molecule has 0 radical (unpaired) electrons. The first-order valence-electron chi connectivity index (χ1n) is 4.83. The van der Waals surface area contributed by atoms with E-state index in [2.05, 4.69) is 0 Å². The number of benzene rings is 1. The summed E-state index contributed by atoms with van der Waals surface area (Å²) >= 11 is 0. The van der Waals surface area contributed by atoms with Crippen LogP contribution in [0.15, 0.2) is 18.2 Å². The van der Waals surface area contributed by atoms with Crippen LogP contribution < -0.4 is 11.0 Å². The Bertz CT molecular complexity index is 482. The Balaban J connectivity index is 3.05. The Morgan fingerprint density at radius 1 is 1.53 bits per heavy atom. The molecule has 0 spiro atoms. The van der Waals surface area contributed by atoms with E-state index in [4.69, 9.17) is 10.8 Å². The molecule has 0 saturated heterocycles. The number of phenolic OH excluding ortho intramolecular Hbond substituents is 1. The van der Waals surface area contributed by atoms with Crippen molar-refractivity contribution in [3.63, 3.8) is 0 Å². The number of carboxylic acids is 1. The highest BCUT2D eigenvalue weighted by molar-refractivity contribution is 7.65. The van der Waals surface area contributed by atoms with E-state index in [0.29, 0.717) is 5.56 Å². The largest absolute Gasteiger partial charge is 0.507 e. The van der Waals surface area contributed by atoms with E-state index in [1.54, 1.807) is 0 Å². The van der Waals surface area contributed by atoms with E-state index in [-0.39, 0.29) is 17.5 Å². The van der Waals surface area contributed by atoms with Crippen molar-refractivity contribution in [2.45, 2.75) is 12.5 Å². The third-order valence-electron chi connectivity index (χ3n) is 2.26. The molecule has 7 heteroatoms. The van der Waals surface area contributed by atoms with Gasteiger partial charge in [-0.3, -0.25) is 9.36 Å². The summed E-state index contributed by atoms with van der Waals surface area (Å²) in [7, 11) is -3.59. The zero-order chi connectivity index (χ0) is 13.2. The number of carbonyl (C=O) groups is 1. The second kappa shape index (κ2) is 4.87. The van der Waals surface area contributed by atoms with E-state index in [1.165, 1.54) is 18.2 Å². The van der Waals surface area contributed by atoms with Crippen LogP contribution in [0.1, 0.15) is 5.56 Å². The highest BCUT2D eigenvalue weighted by Crippen LogP contribution is 2.37. The Morgan fingerprint density at radius 2 is 2.12 bits per heavy atom. The maximum absolute atomic E-state index is 11.5. The van der Waals surface area contributed by atoms with Gasteiger partial charge in [-0.15, -0.1) is 0 Å². The van der Waals surface area contributed by atoms with E-state index in [0.717, 1.165) is 6.66 Å². The summed E-state index contributed by atoms with van der Waals surface area (Å²) in [6.07, 6.45) is 0.0304. The Labute approximate surface area is 98.2 Å². The Kier molecular flexibility index (Phi) is 3.93. The molecule has 0 aliphatic heterocycles. The van der Waals surface area contributed by atoms with Crippen molar-refractivity contribution in [1.82, 2.24) is 0 Å². The Hall–Kier alpha value is -1.36. The molecule has 2 atom stereocenters. The summed E-state index contributed by atoms with van der Waals surface area (Å²) in [5, 5.41) is 18.0. The van der Waals surface area contributed by atoms with E-state index in [9.17, 15) is 19.4 Å². The lowest BCUT2D eigenvalue weighted by Gasteiger charge is -2.11. The fraction of sp³-hybridized carbons (Fsp3) is 0.300. The van der Waals surface area contributed by atoms with Gasteiger partial charge >= 0.3 is 5.97 Å². The van der Waals surface area contributed by atoms with Crippen molar-refractivity contribution in [3.05, 3.63) is 23.8 Å². The fourth-order valence-electron chi connectivity index (χ4n) is 1.37. The first kappa shape index (κ1) is 13.7. The van der Waals surface area contributed by atoms with Crippen molar-refractivity contribution in [1.29, 1.82) is 0 Å². The van der Waals surface area contributed by atoms with Gasteiger partial charge in [0.15, 0.2) is 0 Å². The number of nitrogens with two attached hydrogens (primary N) is 1. The molecule has 0 heterocycles. The molecule has 5 N–H and O–H groups in total. The molecule has 0 aromatic heterocycles. The minimum Gasteiger partial charge on any atom is -0.507 e. The zero-order valence-corrected chi connectivity index (χ0v) is 10.1. The summed E-state index contributed by atoms with van der Waals surface area (Å²) in [6.45, 7) is 1.10. The molecule has 1 rings (SSSR count). The van der Waals surface area contributed by atoms with Gasteiger partial charge in [0.25, 0.3) is 0 Å². The number of hydrogen-bond donors (Lipinski definition) is 4. The molecule has 0 saturated carbocycles. The van der Waals surface area contributed by atoms with Crippen LogP contribution in [0, 0.1) is 0 Å². The van der Waals surface area contributed by atoms with Gasteiger partial charge in [-0.25, -0.2) is 0 Å². The van der Waals surface area contributed by atoms with Gasteiger partial charge in [0.05, 0.1) is 5.30 Å². The normalized spacial score (nSPS) is 16.2. The third-order valence-corrected chi connectivity index (χ3v) is 3.51. The smallest absolute Gasteiger partial charge is 0.320 e. The van der Waals surface area contributed by atoms with Gasteiger partial charge in [0.1, 0.15) is 11.8 Å². The van der Waals surface area contributed by atoms with Gasteiger partial charge in [-0.2, -0.15) is 0 Å². The second-order valence-electron chi connectivity index (χ2n) is 3.85. The number of hydrogen-bond acceptors (Lipinski definition) is 4. The molecule has 0 bridgehead atoms. The SMILES string of the molecule is CP(=O)(O)c1cc(C[C@H](N)C(=O)O)ccc1O. The van der Waals surface area contributed by atoms with Crippen molar-refractivity contribution in [3.8, 4) is 5.75 Å². The molecule has 17 heavy (non-hydrogen) atoms. The number of aliphatic carboxylic acids is 1. The summed E-state index contributed by atoms with van der Waals surface area (Å²) in [6, 6.07) is 2.95. The summed E-state index contributed by atoms with van der Waals surface area (Å²) < 4.78 is 11.5. The average molecular weight is 259 g/mol. The van der Waals surface area contributed by atoms with Gasteiger partial charge in [-0.1, -0.05) is 6.07 Å². The first-order valence-corrected chi connectivity index (χ1v) is 6.93. The van der Waals surface area contributed by atoms with E-state index in [1.807, 2.05) is 0 Å². The maximum atomic E-state index is 11.5. The molecular weight excluding hydrogens is 245 g/mol. The van der Waals surface area contributed by atoms with Gasteiger partial charge in [0.2, 0.25) is 7.37 Å². The van der Waals surface area contributed by atoms with Crippen molar-refractivity contribution < 1.29 is 24.5 Å². The maximum Gasteiger partial charge on any atom is 0.320 e. The minimum atomic E-state index is -3.59. The summed E-state index contributed by atoms with van der Waals surface area (Å²) in [5.74, 6) is -1.44. The number of carboxylic acid groups (broad SMARTS) is 1. The summed E-state index contributed by atoms with van der Waals surface area (Å²) in [5.41, 5.74) is 5.84. The van der Waals surface area contributed by atoms with Gasteiger partial charge in [-0.05, 0) is 24.1 Å². The number of rotatable bonds is 4. The molecule has 0 fully saturated rings. The van der Waals surface area contributed by atoms with Gasteiger partial charge < -0.3 is 20.8 Å². The average Bonchev–Trinajstić information content (AvgIpc) is 2.19. The highest BCUT2D eigenvalue weighted by Gasteiger charge is 2.20. The lowest BCUT2D eigenvalue weighted by molar-refractivity contribution is -0.138. The zero-order valence-electron chi connectivity index (χ0n) is 9.20. The standard InChI is InChI=1S/C10H14NO5P/c1-17(15,16)9-5-6(2-3-8(9)12)4-7(11)10(13)14/h2-3,5,7,12H,4,11H2,1H3,(H,13,14)(H,15,16)/t7-/m0/s1. The molecule has 1 aromatic carbocycles. The van der Waals surface area contributed by atoms with Crippen molar-refractivity contribution >= 4 is 18.6 Å². The lowest BCUT2D eigenvalue weighted by atomic mass is 10.1. The number of aromatic hydroxyl groups is 1. The molecule has 1 unspecified atom stereocenters. The van der Waals surface area contributed by atoms with Crippen LogP contribution in [0.5, 0.6) is 5.75 Å². The van der Waals surface area contributed by atoms with Crippen LogP contribution >= 0.6 is 7.37 Å². The summed E-state index contributed by atoms with van der Waals surface area (Å²) in [4.78, 5) is 20.0. The Morgan fingerprint density at radius 3 is 2.59 bits per heavy atom. The van der Waals surface area contributed by atoms with Crippen LogP contribution in [0.3, 0.4) is 0 Å². The fourth-order valence-corrected chi connectivity index (χ4v) is 2.27. The van der Waals surface area contributed by atoms with Crippen LogP contribution in [0.4, 0.5) is 0 Å². The molecule has 1 aromatic rings. The quantitative estimate of drug-likeness (QED) is 0.559. The van der Waals surface area contributed by atoms with Crippen LogP contribution in [0.2, 0.25) is 0 Å². The minimum absolute atomic E-state index is 0.0304. The predicted octanol–water partition coefficient (Wildman–Crippen LogP) is -0.128. The molecule has 0 aliphatic rings. The highest BCUT2D eigenvalue weighted by atomic mass is 31.2. The molecule has 94 valence electrons. The lowest BCUT2D eigenvalue weighted by Crippen LogP contribution is -2.32. The molecule has 6 nitrogen and oxygen atoms in total. The molecule has 0 aliphatic carbocycles. The van der Waals surface area contributed by atoms with Crippen molar-refractivity contribution in [2.24, 2.45) is 5.73 Å². The van der Waals surface area contributed by atoms with E-state index < -0.39 is 19.4 Å². The number of phenols is 1. The molecular formula is C10H14NO5P. The monoisotopic (exact) mass is 259 g/mol. The third kappa shape index (κ3) is 3.56. The van der Waals surface area contributed by atoms with Crippen LogP contribution in [0.25, 0.3) is 0 Å². The van der Waals surface area contributed by atoms with Gasteiger partial charge in [0, 0.05) is 6.66 Å². The predicted molar refractivity (Wildman–Crippen MR) is 62.8 cm³/mol. The van der Waals surface area contributed by atoms with E-state index >= 15 is 0 Å². The second-order valence-corrected chi connectivity index (χ2v) is 6.09. The van der Waals surface area contributed by atoms with Crippen molar-refractivity contribution in [2.75, 3.05) is 6.66 Å². The molecule has 0 amide bonds. The van der Waals surface area contributed by atoms with Crippen LogP contribution in [-0.2, 0) is 15.8 Å². The first-order chi connectivity index (χ1) is 7.71.